The Morgan fingerprint density at radius 3 is 2.79 bits per heavy atom. The second kappa shape index (κ2) is 6.40. The molecule has 0 radical (unpaired) electrons. The third kappa shape index (κ3) is 3.95. The fourth-order valence-corrected chi connectivity index (χ4v) is 2.81. The van der Waals surface area contributed by atoms with Crippen molar-refractivity contribution in [1.29, 1.82) is 0 Å². The summed E-state index contributed by atoms with van der Waals surface area (Å²) < 4.78 is 5.79. The maximum atomic E-state index is 5.79. The first kappa shape index (κ1) is 12.9. The van der Waals surface area contributed by atoms with Crippen LogP contribution in [-0.4, -0.2) is 43.2 Å². The van der Waals surface area contributed by atoms with Crippen molar-refractivity contribution in [2.45, 2.75) is 37.8 Å². The van der Waals surface area contributed by atoms with Crippen molar-refractivity contribution in [2.75, 3.05) is 26.2 Å². The highest BCUT2D eigenvalue weighted by atomic mass is 16.5. The Hall–Kier alpha value is -1.06. The number of hydrogen-bond donors (Lipinski definition) is 1. The third-order valence-corrected chi connectivity index (χ3v) is 4.11. The van der Waals surface area contributed by atoms with Crippen LogP contribution < -0.4 is 10.1 Å². The molecule has 0 spiro atoms. The molecule has 1 aromatic carbocycles. The van der Waals surface area contributed by atoms with E-state index < -0.39 is 0 Å². The van der Waals surface area contributed by atoms with E-state index in [1.165, 1.54) is 32.2 Å². The van der Waals surface area contributed by atoms with Crippen LogP contribution in [-0.2, 0) is 0 Å². The lowest BCUT2D eigenvalue weighted by Gasteiger charge is -2.24. The van der Waals surface area contributed by atoms with Gasteiger partial charge < -0.3 is 10.1 Å². The molecule has 0 aromatic heterocycles. The lowest BCUT2D eigenvalue weighted by molar-refractivity contribution is 0.193. The zero-order valence-electron chi connectivity index (χ0n) is 11.6. The Labute approximate surface area is 115 Å². The molecule has 19 heavy (non-hydrogen) atoms. The molecule has 2 fully saturated rings. The van der Waals surface area contributed by atoms with Gasteiger partial charge in [0, 0.05) is 25.2 Å². The van der Waals surface area contributed by atoms with Gasteiger partial charge in [0.1, 0.15) is 12.4 Å². The average molecular weight is 260 g/mol. The Bertz CT molecular complexity index is 378. The van der Waals surface area contributed by atoms with Gasteiger partial charge in [-0.15, -0.1) is 0 Å². The second-order valence-corrected chi connectivity index (χ2v) is 5.68. The van der Waals surface area contributed by atoms with Crippen LogP contribution >= 0.6 is 0 Å². The van der Waals surface area contributed by atoms with E-state index >= 15 is 0 Å². The summed E-state index contributed by atoms with van der Waals surface area (Å²) in [6, 6.07) is 11.7. The highest BCUT2D eigenvalue weighted by Crippen LogP contribution is 2.21. The molecule has 0 amide bonds. The van der Waals surface area contributed by atoms with Crippen molar-refractivity contribution in [2.24, 2.45) is 0 Å². The maximum Gasteiger partial charge on any atom is 0.119 e. The van der Waals surface area contributed by atoms with Crippen LogP contribution in [0.15, 0.2) is 30.3 Å². The number of para-hydroxylation sites is 1. The topological polar surface area (TPSA) is 24.5 Å². The van der Waals surface area contributed by atoms with Crippen LogP contribution in [0.4, 0.5) is 0 Å². The molecule has 1 aromatic rings. The van der Waals surface area contributed by atoms with Crippen molar-refractivity contribution in [3.63, 3.8) is 0 Å². The monoisotopic (exact) mass is 260 g/mol. The standard InChI is InChI=1S/C16H24N2O/c1-2-6-16(7-3-1)19-12-11-18-10-4-5-15(18)13-17-14-8-9-14/h1-3,6-7,14-15,17H,4-5,8-13H2. The van der Waals surface area contributed by atoms with Gasteiger partial charge in [0.05, 0.1) is 0 Å². The van der Waals surface area contributed by atoms with Crippen molar-refractivity contribution >= 4 is 0 Å². The largest absolute Gasteiger partial charge is 0.492 e. The molecular weight excluding hydrogens is 236 g/mol. The molecule has 3 nitrogen and oxygen atoms in total. The molecule has 0 bridgehead atoms. The van der Waals surface area contributed by atoms with Crippen LogP contribution in [0.3, 0.4) is 0 Å². The highest BCUT2D eigenvalue weighted by Gasteiger charge is 2.27. The molecule has 2 aliphatic rings. The summed E-state index contributed by atoms with van der Waals surface area (Å²) in [5, 5.41) is 3.65. The molecule has 1 heterocycles. The first-order chi connectivity index (χ1) is 9.42. The molecular formula is C16H24N2O. The van der Waals surface area contributed by atoms with E-state index in [2.05, 4.69) is 10.2 Å². The number of ether oxygens (including phenoxy) is 1. The number of benzene rings is 1. The molecule has 1 unspecified atom stereocenters. The van der Waals surface area contributed by atoms with Crippen LogP contribution in [0.5, 0.6) is 5.75 Å². The molecule has 1 saturated carbocycles. The van der Waals surface area contributed by atoms with Gasteiger partial charge in [0.15, 0.2) is 0 Å². The molecule has 1 saturated heterocycles. The molecule has 1 aliphatic carbocycles. The predicted octanol–water partition coefficient (Wildman–Crippen LogP) is 2.28. The van der Waals surface area contributed by atoms with Crippen LogP contribution in [0.25, 0.3) is 0 Å². The van der Waals surface area contributed by atoms with Crippen molar-refractivity contribution < 1.29 is 4.74 Å². The SMILES string of the molecule is c1ccc(OCCN2CCCC2CNC2CC2)cc1. The summed E-state index contributed by atoms with van der Waals surface area (Å²) in [4.78, 5) is 2.58. The molecule has 1 N–H and O–H groups in total. The first-order valence-electron chi connectivity index (χ1n) is 7.57. The van der Waals surface area contributed by atoms with Gasteiger partial charge in [-0.25, -0.2) is 0 Å². The number of rotatable bonds is 7. The average Bonchev–Trinajstić information content (AvgIpc) is 3.17. The summed E-state index contributed by atoms with van der Waals surface area (Å²) in [5.41, 5.74) is 0. The predicted molar refractivity (Wildman–Crippen MR) is 77.6 cm³/mol. The number of nitrogens with zero attached hydrogens (tertiary/aromatic N) is 1. The van der Waals surface area contributed by atoms with Crippen LogP contribution in [0.2, 0.25) is 0 Å². The van der Waals surface area contributed by atoms with Gasteiger partial charge in [0.25, 0.3) is 0 Å². The summed E-state index contributed by atoms with van der Waals surface area (Å²) in [5.74, 6) is 0.981. The highest BCUT2D eigenvalue weighted by molar-refractivity contribution is 5.20. The van der Waals surface area contributed by atoms with E-state index in [1.54, 1.807) is 0 Å². The van der Waals surface area contributed by atoms with E-state index in [0.29, 0.717) is 0 Å². The molecule has 1 atom stereocenters. The van der Waals surface area contributed by atoms with Gasteiger partial charge in [-0.3, -0.25) is 4.90 Å². The van der Waals surface area contributed by atoms with Gasteiger partial charge in [-0.1, -0.05) is 18.2 Å². The van der Waals surface area contributed by atoms with Crippen LogP contribution in [0, 0.1) is 0 Å². The summed E-state index contributed by atoms with van der Waals surface area (Å²) >= 11 is 0. The van der Waals surface area contributed by atoms with Gasteiger partial charge in [-0.2, -0.15) is 0 Å². The van der Waals surface area contributed by atoms with Gasteiger partial charge >= 0.3 is 0 Å². The Morgan fingerprint density at radius 1 is 1.16 bits per heavy atom. The Balaban J connectivity index is 1.38. The molecule has 1 aliphatic heterocycles. The van der Waals surface area contributed by atoms with E-state index in [4.69, 9.17) is 4.74 Å². The fraction of sp³-hybridized carbons (Fsp3) is 0.625. The van der Waals surface area contributed by atoms with Gasteiger partial charge in [-0.05, 0) is 44.4 Å². The molecule has 104 valence electrons. The maximum absolute atomic E-state index is 5.79. The number of likely N-dealkylation sites (tertiary alicyclic amines) is 1. The van der Waals surface area contributed by atoms with E-state index in [9.17, 15) is 0 Å². The van der Waals surface area contributed by atoms with Gasteiger partial charge in [0.2, 0.25) is 0 Å². The minimum Gasteiger partial charge on any atom is -0.492 e. The first-order valence-corrected chi connectivity index (χ1v) is 7.57. The normalized spacial score (nSPS) is 23.7. The summed E-state index contributed by atoms with van der Waals surface area (Å²) in [7, 11) is 0. The van der Waals surface area contributed by atoms with Crippen molar-refractivity contribution in [3.05, 3.63) is 30.3 Å². The molecule has 3 heteroatoms. The van der Waals surface area contributed by atoms with E-state index in [1.807, 2.05) is 30.3 Å². The summed E-state index contributed by atoms with van der Waals surface area (Å²) in [6.45, 7) is 4.24. The van der Waals surface area contributed by atoms with Crippen LogP contribution in [0.1, 0.15) is 25.7 Å². The minimum absolute atomic E-state index is 0.722. The number of hydrogen-bond acceptors (Lipinski definition) is 3. The Kier molecular flexibility index (Phi) is 4.36. The lowest BCUT2D eigenvalue weighted by Crippen LogP contribution is -2.40. The van der Waals surface area contributed by atoms with Crippen molar-refractivity contribution in [1.82, 2.24) is 10.2 Å². The second-order valence-electron chi connectivity index (χ2n) is 5.68. The fourth-order valence-electron chi connectivity index (χ4n) is 2.81. The Morgan fingerprint density at radius 2 is 2.00 bits per heavy atom. The summed E-state index contributed by atoms with van der Waals surface area (Å²) in [6.07, 6.45) is 5.43. The third-order valence-electron chi connectivity index (χ3n) is 4.11. The van der Waals surface area contributed by atoms with E-state index in [-0.39, 0.29) is 0 Å². The number of nitrogens with one attached hydrogen (secondary N) is 1. The smallest absolute Gasteiger partial charge is 0.119 e. The lowest BCUT2D eigenvalue weighted by atomic mass is 10.2. The quantitative estimate of drug-likeness (QED) is 0.814. The zero-order chi connectivity index (χ0) is 12.9. The zero-order valence-corrected chi connectivity index (χ0v) is 11.6. The van der Waals surface area contributed by atoms with E-state index in [0.717, 1.165) is 37.5 Å². The minimum atomic E-state index is 0.722. The van der Waals surface area contributed by atoms with Crippen molar-refractivity contribution in [3.8, 4) is 5.75 Å². The molecule has 3 rings (SSSR count).